The van der Waals surface area contributed by atoms with Gasteiger partial charge in [-0.2, -0.15) is 0 Å². The standard InChI is InChI=1S/C14H13BrN2O/c15-11-4-2-6-13(9-11)17-14(18)8-10-3-1-5-12(16)7-10/h1-7,9H,8,16H2,(H,17,18). The van der Waals surface area contributed by atoms with Gasteiger partial charge < -0.3 is 11.1 Å². The zero-order chi connectivity index (χ0) is 13.0. The van der Waals surface area contributed by atoms with E-state index in [2.05, 4.69) is 21.2 Å². The average Bonchev–Trinajstić information content (AvgIpc) is 2.28. The molecule has 0 spiro atoms. The van der Waals surface area contributed by atoms with Crippen molar-refractivity contribution in [3.05, 3.63) is 58.6 Å². The molecule has 0 aromatic heterocycles. The summed E-state index contributed by atoms with van der Waals surface area (Å²) in [6.45, 7) is 0. The molecule has 0 saturated heterocycles. The highest BCUT2D eigenvalue weighted by Crippen LogP contribution is 2.16. The lowest BCUT2D eigenvalue weighted by molar-refractivity contribution is -0.115. The van der Waals surface area contributed by atoms with Gasteiger partial charge in [0.25, 0.3) is 0 Å². The molecule has 3 nitrogen and oxygen atoms in total. The van der Waals surface area contributed by atoms with Crippen molar-refractivity contribution in [2.75, 3.05) is 11.1 Å². The van der Waals surface area contributed by atoms with Crippen LogP contribution in [0.1, 0.15) is 5.56 Å². The summed E-state index contributed by atoms with van der Waals surface area (Å²) in [5.74, 6) is -0.0568. The first-order valence-corrected chi connectivity index (χ1v) is 6.32. The van der Waals surface area contributed by atoms with Gasteiger partial charge in [0.15, 0.2) is 0 Å². The van der Waals surface area contributed by atoms with Crippen LogP contribution < -0.4 is 11.1 Å². The van der Waals surface area contributed by atoms with E-state index < -0.39 is 0 Å². The van der Waals surface area contributed by atoms with Crippen LogP contribution in [-0.4, -0.2) is 5.91 Å². The maximum Gasteiger partial charge on any atom is 0.228 e. The van der Waals surface area contributed by atoms with Crippen LogP contribution in [0.5, 0.6) is 0 Å². The summed E-state index contributed by atoms with van der Waals surface area (Å²) < 4.78 is 0.934. The van der Waals surface area contributed by atoms with Gasteiger partial charge in [-0.3, -0.25) is 4.79 Å². The zero-order valence-electron chi connectivity index (χ0n) is 9.69. The van der Waals surface area contributed by atoms with Gasteiger partial charge in [0.2, 0.25) is 5.91 Å². The molecule has 92 valence electrons. The lowest BCUT2D eigenvalue weighted by Crippen LogP contribution is -2.14. The van der Waals surface area contributed by atoms with Crippen LogP contribution in [0.3, 0.4) is 0 Å². The Kier molecular flexibility index (Phi) is 3.99. The Labute approximate surface area is 114 Å². The van der Waals surface area contributed by atoms with E-state index in [1.807, 2.05) is 36.4 Å². The van der Waals surface area contributed by atoms with Crippen molar-refractivity contribution in [2.45, 2.75) is 6.42 Å². The van der Waals surface area contributed by atoms with E-state index in [-0.39, 0.29) is 5.91 Å². The van der Waals surface area contributed by atoms with E-state index in [4.69, 9.17) is 5.73 Å². The van der Waals surface area contributed by atoms with Crippen LogP contribution >= 0.6 is 15.9 Å². The van der Waals surface area contributed by atoms with Gasteiger partial charge in [0.1, 0.15) is 0 Å². The number of nitrogens with two attached hydrogens (primary N) is 1. The number of carbonyl (C=O) groups is 1. The molecule has 0 unspecified atom stereocenters. The molecule has 1 amide bonds. The number of halogens is 1. The summed E-state index contributed by atoms with van der Waals surface area (Å²) in [6, 6.07) is 14.8. The summed E-state index contributed by atoms with van der Waals surface area (Å²) in [7, 11) is 0. The second-order valence-electron chi connectivity index (χ2n) is 3.98. The summed E-state index contributed by atoms with van der Waals surface area (Å²) in [5.41, 5.74) is 8.02. The number of rotatable bonds is 3. The van der Waals surface area contributed by atoms with Gasteiger partial charge in [-0.15, -0.1) is 0 Å². The number of hydrogen-bond acceptors (Lipinski definition) is 2. The molecule has 0 aliphatic heterocycles. The molecule has 4 heteroatoms. The van der Waals surface area contributed by atoms with Crippen molar-refractivity contribution < 1.29 is 4.79 Å². The summed E-state index contributed by atoms with van der Waals surface area (Å²) in [4.78, 5) is 11.8. The molecule has 2 aromatic rings. The number of carbonyl (C=O) groups excluding carboxylic acids is 1. The second-order valence-corrected chi connectivity index (χ2v) is 4.90. The van der Waals surface area contributed by atoms with Crippen LogP contribution in [0.15, 0.2) is 53.0 Å². The molecule has 0 heterocycles. The minimum Gasteiger partial charge on any atom is -0.399 e. The van der Waals surface area contributed by atoms with E-state index in [1.165, 1.54) is 0 Å². The van der Waals surface area contributed by atoms with E-state index >= 15 is 0 Å². The second kappa shape index (κ2) is 5.69. The van der Waals surface area contributed by atoms with Gasteiger partial charge in [-0.25, -0.2) is 0 Å². The molecule has 0 fully saturated rings. The summed E-state index contributed by atoms with van der Waals surface area (Å²) in [6.07, 6.45) is 0.317. The quantitative estimate of drug-likeness (QED) is 0.856. The number of anilines is 2. The molecule has 0 radical (unpaired) electrons. The highest BCUT2D eigenvalue weighted by molar-refractivity contribution is 9.10. The predicted molar refractivity (Wildman–Crippen MR) is 77.3 cm³/mol. The first-order chi connectivity index (χ1) is 8.63. The first-order valence-electron chi connectivity index (χ1n) is 5.53. The number of benzene rings is 2. The van der Waals surface area contributed by atoms with Crippen molar-refractivity contribution in [3.63, 3.8) is 0 Å². The van der Waals surface area contributed by atoms with E-state index in [1.54, 1.807) is 12.1 Å². The van der Waals surface area contributed by atoms with Crippen LogP contribution in [0.2, 0.25) is 0 Å². The number of nitrogens with one attached hydrogen (secondary N) is 1. The maximum atomic E-state index is 11.8. The van der Waals surface area contributed by atoms with Gasteiger partial charge >= 0.3 is 0 Å². The third-order valence-electron chi connectivity index (χ3n) is 2.42. The number of hydrogen-bond donors (Lipinski definition) is 2. The van der Waals surface area contributed by atoms with Gasteiger partial charge in [0, 0.05) is 15.8 Å². The number of amides is 1. The molecule has 0 saturated carbocycles. The van der Waals surface area contributed by atoms with Crippen molar-refractivity contribution in [3.8, 4) is 0 Å². The highest BCUT2D eigenvalue weighted by atomic mass is 79.9. The molecule has 2 aromatic carbocycles. The highest BCUT2D eigenvalue weighted by Gasteiger charge is 2.04. The van der Waals surface area contributed by atoms with Crippen LogP contribution in [0.4, 0.5) is 11.4 Å². The fourth-order valence-electron chi connectivity index (χ4n) is 1.66. The molecule has 0 atom stereocenters. The van der Waals surface area contributed by atoms with Crippen LogP contribution in [0, 0.1) is 0 Å². The minimum atomic E-state index is -0.0568. The normalized spacial score (nSPS) is 10.1. The fourth-order valence-corrected chi connectivity index (χ4v) is 2.06. The van der Waals surface area contributed by atoms with Crippen molar-refractivity contribution in [1.29, 1.82) is 0 Å². The molecule has 18 heavy (non-hydrogen) atoms. The lowest BCUT2D eigenvalue weighted by Gasteiger charge is -2.06. The maximum absolute atomic E-state index is 11.8. The Bertz CT molecular complexity index is 520. The number of nitrogen functional groups attached to an aromatic ring is 1. The third kappa shape index (κ3) is 3.60. The van der Waals surface area contributed by atoms with Crippen molar-refractivity contribution in [1.82, 2.24) is 0 Å². The molecular formula is C14H13BrN2O. The van der Waals surface area contributed by atoms with Crippen molar-refractivity contribution in [2.24, 2.45) is 0 Å². The van der Waals surface area contributed by atoms with Gasteiger partial charge in [-0.05, 0) is 35.9 Å². The lowest BCUT2D eigenvalue weighted by atomic mass is 10.1. The molecule has 0 bridgehead atoms. The SMILES string of the molecule is Nc1cccc(CC(=O)Nc2cccc(Br)c2)c1. The molecular weight excluding hydrogens is 292 g/mol. The van der Waals surface area contributed by atoms with E-state index in [0.29, 0.717) is 12.1 Å². The van der Waals surface area contributed by atoms with Crippen LogP contribution in [0.25, 0.3) is 0 Å². The fraction of sp³-hybridized carbons (Fsp3) is 0.0714. The molecule has 0 aliphatic rings. The monoisotopic (exact) mass is 304 g/mol. The topological polar surface area (TPSA) is 55.1 Å². The van der Waals surface area contributed by atoms with Crippen molar-refractivity contribution >= 4 is 33.2 Å². The predicted octanol–water partition coefficient (Wildman–Crippen LogP) is 3.21. The Hall–Kier alpha value is -1.81. The minimum absolute atomic E-state index is 0.0568. The van der Waals surface area contributed by atoms with Gasteiger partial charge in [0.05, 0.1) is 6.42 Å². The Morgan fingerprint density at radius 3 is 2.67 bits per heavy atom. The van der Waals surface area contributed by atoms with E-state index in [0.717, 1.165) is 15.7 Å². The Balaban J connectivity index is 2.01. The largest absolute Gasteiger partial charge is 0.399 e. The van der Waals surface area contributed by atoms with Crippen LogP contribution in [-0.2, 0) is 11.2 Å². The van der Waals surface area contributed by atoms with E-state index in [9.17, 15) is 4.79 Å². The third-order valence-corrected chi connectivity index (χ3v) is 2.92. The average molecular weight is 305 g/mol. The molecule has 2 rings (SSSR count). The molecule has 0 aliphatic carbocycles. The zero-order valence-corrected chi connectivity index (χ0v) is 11.3. The summed E-state index contributed by atoms with van der Waals surface area (Å²) >= 11 is 3.36. The Morgan fingerprint density at radius 2 is 1.94 bits per heavy atom. The van der Waals surface area contributed by atoms with Gasteiger partial charge in [-0.1, -0.05) is 34.1 Å². The molecule has 3 N–H and O–H groups in total. The summed E-state index contributed by atoms with van der Waals surface area (Å²) in [5, 5.41) is 2.84. The first kappa shape index (κ1) is 12.6. The Morgan fingerprint density at radius 1 is 1.17 bits per heavy atom. The smallest absolute Gasteiger partial charge is 0.228 e.